The second-order valence-corrected chi connectivity index (χ2v) is 5.61. The molecule has 0 aliphatic carbocycles. The number of nitrogens with zero attached hydrogens (tertiary/aromatic N) is 1. The quantitative estimate of drug-likeness (QED) is 0.626. The van der Waals surface area contributed by atoms with Crippen molar-refractivity contribution in [3.63, 3.8) is 0 Å². The van der Waals surface area contributed by atoms with Crippen molar-refractivity contribution in [3.05, 3.63) is 82.1 Å². The van der Waals surface area contributed by atoms with E-state index < -0.39 is 0 Å². The topological polar surface area (TPSA) is 49.7 Å². The van der Waals surface area contributed by atoms with Gasteiger partial charge >= 0.3 is 0 Å². The smallest absolute Gasteiger partial charge is 0.150 e. The van der Waals surface area contributed by atoms with Crippen LogP contribution in [0.5, 0.6) is 0 Å². The molecule has 0 aliphatic heterocycles. The average Bonchev–Trinajstić information content (AvgIpc) is 2.66. The highest BCUT2D eigenvalue weighted by atomic mass is 16.2. The molecule has 0 bridgehead atoms. The molecular weight excluding hydrogens is 310 g/mol. The molecule has 0 amide bonds. The summed E-state index contributed by atoms with van der Waals surface area (Å²) in [5.74, 6) is 0.0241. The van der Waals surface area contributed by atoms with Gasteiger partial charge in [-0.15, -0.1) is 0 Å². The van der Waals surface area contributed by atoms with Crippen LogP contribution in [-0.4, -0.2) is 24.7 Å². The summed E-state index contributed by atoms with van der Waals surface area (Å²) in [5, 5.41) is 7.00. The van der Waals surface area contributed by atoms with Crippen LogP contribution in [0.3, 0.4) is 0 Å². The summed E-state index contributed by atoms with van der Waals surface area (Å²) in [5.41, 5.74) is 6.52. The molecular formula is C22H27NO2. The number of rotatable bonds is 5. The molecule has 1 N–H and O–H groups in total. The van der Waals surface area contributed by atoms with Crippen LogP contribution in [0.4, 0.5) is 0 Å². The summed E-state index contributed by atoms with van der Waals surface area (Å²) >= 11 is 0. The molecule has 0 aromatic heterocycles. The molecule has 0 radical (unpaired) electrons. The number of aryl methyl sites for hydroxylation is 1. The lowest BCUT2D eigenvalue weighted by atomic mass is 9.84. The maximum absolute atomic E-state index is 11.2. The van der Waals surface area contributed by atoms with Crippen LogP contribution in [0.1, 0.15) is 52.4 Å². The first-order valence-corrected chi connectivity index (χ1v) is 8.33. The molecule has 0 heterocycles. The van der Waals surface area contributed by atoms with Crippen molar-refractivity contribution >= 4 is 12.5 Å². The monoisotopic (exact) mass is 337 g/mol. The third-order valence-electron chi connectivity index (χ3n) is 4.21. The Hall–Kier alpha value is -2.52. The zero-order valence-electron chi connectivity index (χ0n) is 15.7. The number of aldehydes is 1. The van der Waals surface area contributed by atoms with E-state index in [-0.39, 0.29) is 5.92 Å². The Kier molecular flexibility index (Phi) is 8.51. The second-order valence-electron chi connectivity index (χ2n) is 5.61. The molecule has 1 unspecified atom stereocenters. The minimum atomic E-state index is 0.0241. The zero-order chi connectivity index (χ0) is 18.8. The molecule has 0 spiro atoms. The Labute approximate surface area is 150 Å². The first kappa shape index (κ1) is 20.5. The van der Waals surface area contributed by atoms with Crippen LogP contribution >= 0.6 is 0 Å². The summed E-state index contributed by atoms with van der Waals surface area (Å²) < 4.78 is 0. The van der Waals surface area contributed by atoms with Crippen LogP contribution in [0, 0.1) is 13.8 Å². The van der Waals surface area contributed by atoms with Crippen LogP contribution in [0.25, 0.3) is 0 Å². The predicted octanol–water partition coefficient (Wildman–Crippen LogP) is 4.85. The van der Waals surface area contributed by atoms with E-state index in [0.29, 0.717) is 5.56 Å². The fourth-order valence-corrected chi connectivity index (χ4v) is 2.87. The van der Waals surface area contributed by atoms with Crippen molar-refractivity contribution in [2.24, 2.45) is 4.99 Å². The number of aliphatic imine (C=N–C) groups is 1. The molecule has 132 valence electrons. The Morgan fingerprint density at radius 3 is 2.36 bits per heavy atom. The van der Waals surface area contributed by atoms with E-state index in [1.165, 1.54) is 16.7 Å². The van der Waals surface area contributed by atoms with E-state index in [4.69, 9.17) is 5.11 Å². The molecule has 2 aromatic carbocycles. The van der Waals surface area contributed by atoms with Crippen molar-refractivity contribution in [2.45, 2.75) is 33.6 Å². The standard InChI is InChI=1S/C21H23NO.CH4O/c1-5-20(22-6-2)21(18-11-8-10-17(13-18)14-23)19-12-7-9-15(3)16(19)4;1-2/h5-14,21H,1-4H3;2H,1H3/b20-5-,22-6?;. The fraction of sp³-hybridized carbons (Fsp3) is 0.273. The van der Waals surface area contributed by atoms with Gasteiger partial charge in [-0.3, -0.25) is 9.79 Å². The number of hydrogen-bond acceptors (Lipinski definition) is 3. The first-order chi connectivity index (χ1) is 12.1. The van der Waals surface area contributed by atoms with Crippen molar-refractivity contribution < 1.29 is 9.90 Å². The maximum atomic E-state index is 11.2. The summed E-state index contributed by atoms with van der Waals surface area (Å²) in [7, 11) is 1.00. The molecule has 25 heavy (non-hydrogen) atoms. The lowest BCUT2D eigenvalue weighted by molar-refractivity contribution is 0.112. The van der Waals surface area contributed by atoms with Crippen LogP contribution < -0.4 is 0 Å². The van der Waals surface area contributed by atoms with Gasteiger partial charge in [0.2, 0.25) is 0 Å². The van der Waals surface area contributed by atoms with Gasteiger partial charge in [0.25, 0.3) is 0 Å². The van der Waals surface area contributed by atoms with Crippen LogP contribution in [0.15, 0.2) is 59.2 Å². The van der Waals surface area contributed by atoms with Gasteiger partial charge in [-0.1, -0.05) is 42.5 Å². The molecule has 3 heteroatoms. The molecule has 0 saturated heterocycles. The minimum Gasteiger partial charge on any atom is -0.400 e. The van der Waals surface area contributed by atoms with Crippen molar-refractivity contribution in [1.82, 2.24) is 0 Å². The van der Waals surface area contributed by atoms with Gasteiger partial charge in [0.15, 0.2) is 0 Å². The van der Waals surface area contributed by atoms with Gasteiger partial charge in [-0.05, 0) is 56.0 Å². The van der Waals surface area contributed by atoms with Crippen molar-refractivity contribution in [3.8, 4) is 0 Å². The first-order valence-electron chi connectivity index (χ1n) is 8.33. The third kappa shape index (κ3) is 4.97. The number of carbonyl (C=O) groups excluding carboxylic acids is 1. The Balaban J connectivity index is 0.00000151. The van der Waals surface area contributed by atoms with Crippen molar-refractivity contribution in [1.29, 1.82) is 0 Å². The third-order valence-corrected chi connectivity index (χ3v) is 4.21. The Morgan fingerprint density at radius 2 is 1.76 bits per heavy atom. The largest absolute Gasteiger partial charge is 0.400 e. The minimum absolute atomic E-state index is 0.0241. The van der Waals surface area contributed by atoms with E-state index >= 15 is 0 Å². The number of hydrogen-bond donors (Lipinski definition) is 1. The van der Waals surface area contributed by atoms with Crippen LogP contribution in [0.2, 0.25) is 0 Å². The maximum Gasteiger partial charge on any atom is 0.150 e. The molecule has 0 aliphatic rings. The summed E-state index contributed by atoms with van der Waals surface area (Å²) in [6, 6.07) is 14.1. The van der Waals surface area contributed by atoms with E-state index in [1.54, 1.807) is 0 Å². The van der Waals surface area contributed by atoms with Gasteiger partial charge in [-0.2, -0.15) is 0 Å². The highest BCUT2D eigenvalue weighted by Gasteiger charge is 2.21. The summed E-state index contributed by atoms with van der Waals surface area (Å²) in [4.78, 5) is 15.7. The lowest BCUT2D eigenvalue weighted by Gasteiger charge is -2.22. The van der Waals surface area contributed by atoms with Crippen molar-refractivity contribution in [2.75, 3.05) is 7.11 Å². The summed E-state index contributed by atoms with van der Waals surface area (Å²) in [6.07, 6.45) is 4.75. The van der Waals surface area contributed by atoms with E-state index in [2.05, 4.69) is 43.1 Å². The molecule has 2 aromatic rings. The molecule has 2 rings (SSSR count). The van der Waals surface area contributed by atoms with Gasteiger partial charge in [0, 0.05) is 24.6 Å². The summed E-state index contributed by atoms with van der Waals surface area (Å²) in [6.45, 7) is 8.19. The Bertz CT molecular complexity index is 760. The average molecular weight is 337 g/mol. The molecule has 3 nitrogen and oxygen atoms in total. The lowest BCUT2D eigenvalue weighted by Crippen LogP contribution is -2.07. The number of aliphatic hydroxyl groups is 1. The van der Waals surface area contributed by atoms with Gasteiger partial charge in [-0.25, -0.2) is 0 Å². The van der Waals surface area contributed by atoms with E-state index in [1.807, 2.05) is 44.3 Å². The normalized spacial score (nSPS) is 12.5. The fourth-order valence-electron chi connectivity index (χ4n) is 2.87. The highest BCUT2D eigenvalue weighted by molar-refractivity contribution is 5.75. The Morgan fingerprint density at radius 1 is 1.08 bits per heavy atom. The predicted molar refractivity (Wildman–Crippen MR) is 106 cm³/mol. The molecule has 1 atom stereocenters. The number of benzene rings is 2. The second kappa shape index (κ2) is 10.4. The van der Waals surface area contributed by atoms with Gasteiger partial charge in [0.05, 0.1) is 5.92 Å². The van der Waals surface area contributed by atoms with E-state index in [9.17, 15) is 4.79 Å². The number of allylic oxidation sites excluding steroid dienone is 2. The van der Waals surface area contributed by atoms with E-state index in [0.717, 1.165) is 24.7 Å². The number of aliphatic hydroxyl groups excluding tert-OH is 1. The molecule has 0 saturated carbocycles. The molecule has 0 fully saturated rings. The number of carbonyl (C=O) groups is 1. The van der Waals surface area contributed by atoms with Gasteiger partial charge < -0.3 is 5.11 Å². The van der Waals surface area contributed by atoms with Crippen LogP contribution in [-0.2, 0) is 0 Å². The zero-order valence-corrected chi connectivity index (χ0v) is 15.7. The van der Waals surface area contributed by atoms with Gasteiger partial charge in [0.1, 0.15) is 6.29 Å². The highest BCUT2D eigenvalue weighted by Crippen LogP contribution is 2.35. The SMILES string of the molecule is CC=N/C(=C\C)C(c1cccc(C=O)c1)c1cccc(C)c1C.CO.